The molecule has 0 bridgehead atoms. The summed E-state index contributed by atoms with van der Waals surface area (Å²) >= 11 is 4.93. The van der Waals surface area contributed by atoms with Gasteiger partial charge in [-0.1, -0.05) is 32.0 Å². The number of hydrogen-bond donors (Lipinski definition) is 1. The van der Waals surface area contributed by atoms with Crippen LogP contribution in [0.2, 0.25) is 0 Å². The van der Waals surface area contributed by atoms with Crippen molar-refractivity contribution in [1.82, 2.24) is 0 Å². The Morgan fingerprint density at radius 3 is 2.57 bits per heavy atom. The van der Waals surface area contributed by atoms with Crippen molar-refractivity contribution in [3.63, 3.8) is 0 Å². The Morgan fingerprint density at radius 1 is 1.43 bits per heavy atom. The van der Waals surface area contributed by atoms with Crippen LogP contribution in [0.15, 0.2) is 4.79 Å². The van der Waals surface area contributed by atoms with Gasteiger partial charge in [-0.05, 0) is 6.42 Å². The van der Waals surface area contributed by atoms with E-state index in [1.807, 2.05) is 11.9 Å². The molecule has 0 radical (unpaired) electrons. The largest absolute Gasteiger partial charge is 0.394 e. The molecule has 1 aromatic carbocycles. The summed E-state index contributed by atoms with van der Waals surface area (Å²) in [5.74, 6) is 0. The van der Waals surface area contributed by atoms with Gasteiger partial charge in [-0.25, -0.2) is 0 Å². The smallest absolute Gasteiger partial charge is 0.223 e. The van der Waals surface area contributed by atoms with Gasteiger partial charge in [-0.2, -0.15) is 0 Å². The first-order valence-electron chi connectivity index (χ1n) is 4.89. The number of unbranched alkanes of at least 4 members (excludes halogenated alkanes) is 2. The lowest BCUT2D eigenvalue weighted by atomic mass is 10.2. The zero-order valence-corrected chi connectivity index (χ0v) is 9.49. The fraction of sp³-hybridized carbons (Fsp3) is 0.600. The highest BCUT2D eigenvalue weighted by atomic mass is 32.1. The topological polar surface area (TPSA) is 46.3 Å². The van der Waals surface area contributed by atoms with Crippen LogP contribution in [-0.2, 0) is 0 Å². The molecule has 0 aliphatic rings. The zero-order chi connectivity index (χ0) is 10.7. The Balaban J connectivity index is 2.58. The van der Waals surface area contributed by atoms with Gasteiger partial charge in [0, 0.05) is 13.6 Å². The lowest BCUT2D eigenvalue weighted by molar-refractivity contribution is 0.704. The van der Waals surface area contributed by atoms with Crippen molar-refractivity contribution in [3.05, 3.63) is 14.7 Å². The minimum absolute atomic E-state index is 0.169. The maximum absolute atomic E-state index is 11.1. The Labute approximate surface area is 89.2 Å². The molecule has 0 atom stereocenters. The predicted octanol–water partition coefficient (Wildman–Crippen LogP) is 1.86. The van der Waals surface area contributed by atoms with Crippen LogP contribution in [0.1, 0.15) is 26.2 Å². The quantitative estimate of drug-likeness (QED) is 0.598. The third-order valence-corrected chi connectivity index (χ3v) is 2.78. The molecule has 0 fully saturated rings. The molecule has 4 heteroatoms. The number of nitrogens with zero attached hydrogens (tertiary/aromatic N) is 1. The Hall–Kier alpha value is -0.900. The molecule has 3 nitrogen and oxygen atoms in total. The summed E-state index contributed by atoms with van der Waals surface area (Å²) in [6, 6.07) is 0. The first-order valence-corrected chi connectivity index (χ1v) is 5.30. The number of nitrogen functional groups attached to an aromatic ring is 1. The second-order valence-electron chi connectivity index (χ2n) is 3.55. The second kappa shape index (κ2) is 4.55. The van der Waals surface area contributed by atoms with Crippen molar-refractivity contribution < 1.29 is 0 Å². The average molecular weight is 212 g/mol. The predicted molar refractivity (Wildman–Crippen MR) is 63.1 cm³/mol. The second-order valence-corrected chi connectivity index (χ2v) is 3.96. The van der Waals surface area contributed by atoms with Crippen molar-refractivity contribution in [3.8, 4) is 0 Å². The van der Waals surface area contributed by atoms with Gasteiger partial charge >= 0.3 is 0 Å². The molecule has 1 aromatic rings. The van der Waals surface area contributed by atoms with Gasteiger partial charge in [0.15, 0.2) is 0 Å². The molecule has 2 N–H and O–H groups in total. The first-order chi connectivity index (χ1) is 6.59. The van der Waals surface area contributed by atoms with Gasteiger partial charge in [-0.15, -0.1) is 0 Å². The summed E-state index contributed by atoms with van der Waals surface area (Å²) in [6.07, 6.45) is 3.49. The van der Waals surface area contributed by atoms with Crippen LogP contribution in [0.5, 0.6) is 0 Å². The Bertz CT molecular complexity index is 379. The van der Waals surface area contributed by atoms with Gasteiger partial charge in [0.2, 0.25) is 5.43 Å². The molecule has 0 unspecified atom stereocenters. The summed E-state index contributed by atoms with van der Waals surface area (Å²) in [6.45, 7) is 3.07. The Morgan fingerprint density at radius 2 is 2.07 bits per heavy atom. The lowest BCUT2D eigenvalue weighted by Crippen LogP contribution is -2.28. The van der Waals surface area contributed by atoms with Gasteiger partial charge in [0.25, 0.3) is 0 Å². The van der Waals surface area contributed by atoms with Gasteiger partial charge in [-0.3, -0.25) is 4.79 Å². The van der Waals surface area contributed by atoms with Crippen molar-refractivity contribution in [2.24, 2.45) is 0 Å². The van der Waals surface area contributed by atoms with E-state index in [9.17, 15) is 4.79 Å². The number of hydrogen-bond acceptors (Lipinski definition) is 4. The normalized spacial score (nSPS) is 10.7. The van der Waals surface area contributed by atoms with Crippen LogP contribution in [0.25, 0.3) is 0 Å². The summed E-state index contributed by atoms with van der Waals surface area (Å²) in [5, 5.41) is 0. The van der Waals surface area contributed by atoms with E-state index < -0.39 is 0 Å². The number of nitrogens with two attached hydrogens (primary N) is 1. The maximum Gasteiger partial charge on any atom is 0.223 e. The van der Waals surface area contributed by atoms with Crippen LogP contribution < -0.4 is 16.1 Å². The zero-order valence-electron chi connectivity index (χ0n) is 8.67. The first kappa shape index (κ1) is 11.2. The van der Waals surface area contributed by atoms with E-state index >= 15 is 0 Å². The molecule has 14 heavy (non-hydrogen) atoms. The van der Waals surface area contributed by atoms with Crippen molar-refractivity contribution in [2.75, 3.05) is 24.2 Å². The molecular weight excluding hydrogens is 196 g/mol. The van der Waals surface area contributed by atoms with Gasteiger partial charge in [0.05, 0.1) is 5.69 Å². The summed E-state index contributed by atoms with van der Waals surface area (Å²) < 4.78 is 0.390. The summed E-state index contributed by atoms with van der Waals surface area (Å²) in [5.41, 5.74) is 6.49. The van der Waals surface area contributed by atoms with Crippen LogP contribution >= 0.6 is 12.2 Å². The van der Waals surface area contributed by atoms with E-state index in [-0.39, 0.29) is 5.43 Å². The molecule has 0 heterocycles. The fourth-order valence-electron chi connectivity index (χ4n) is 1.49. The SMILES string of the molecule is CCCCCN(C)c1c(N)c(=O)c1=S. The molecule has 0 spiro atoms. The van der Waals surface area contributed by atoms with E-state index in [1.54, 1.807) is 0 Å². The molecule has 0 aromatic heterocycles. The number of anilines is 2. The van der Waals surface area contributed by atoms with Crippen LogP contribution in [0.4, 0.5) is 11.4 Å². The van der Waals surface area contributed by atoms with Crippen LogP contribution in [-0.4, -0.2) is 13.6 Å². The molecule has 0 aliphatic heterocycles. The fourth-order valence-corrected chi connectivity index (χ4v) is 1.86. The standard InChI is InChI=1S/C10H16N2OS/c1-3-4-5-6-12(2)8-7(11)9(13)10(8)14/h3-6,11H2,1-2H3. The molecule has 1 rings (SSSR count). The molecule has 0 aliphatic carbocycles. The van der Waals surface area contributed by atoms with Crippen molar-refractivity contribution in [1.29, 1.82) is 0 Å². The lowest BCUT2D eigenvalue weighted by Gasteiger charge is -2.22. The highest BCUT2D eigenvalue weighted by molar-refractivity contribution is 7.71. The summed E-state index contributed by atoms with van der Waals surface area (Å²) in [7, 11) is 1.93. The monoisotopic (exact) mass is 212 g/mol. The van der Waals surface area contributed by atoms with Gasteiger partial charge < -0.3 is 10.6 Å². The van der Waals surface area contributed by atoms with E-state index in [1.165, 1.54) is 12.8 Å². The van der Waals surface area contributed by atoms with E-state index in [0.717, 1.165) is 18.7 Å². The average Bonchev–Trinajstić information content (AvgIpc) is 2.18. The highest BCUT2D eigenvalue weighted by Crippen LogP contribution is 2.23. The van der Waals surface area contributed by atoms with Crippen LogP contribution in [0, 0.1) is 4.51 Å². The molecule has 0 saturated heterocycles. The van der Waals surface area contributed by atoms with E-state index in [2.05, 4.69) is 6.92 Å². The van der Waals surface area contributed by atoms with Crippen LogP contribution in [0.3, 0.4) is 0 Å². The molecule has 78 valence electrons. The molecule has 0 saturated carbocycles. The Kier molecular flexibility index (Phi) is 3.63. The molecular formula is C10H16N2OS. The highest BCUT2D eigenvalue weighted by Gasteiger charge is 2.17. The van der Waals surface area contributed by atoms with E-state index in [4.69, 9.17) is 18.0 Å². The summed E-state index contributed by atoms with van der Waals surface area (Å²) in [4.78, 5) is 13.0. The number of rotatable bonds is 5. The third-order valence-electron chi connectivity index (χ3n) is 2.40. The van der Waals surface area contributed by atoms with E-state index in [0.29, 0.717) is 10.2 Å². The molecule has 0 amide bonds. The minimum Gasteiger partial charge on any atom is -0.394 e. The third kappa shape index (κ3) is 1.95. The van der Waals surface area contributed by atoms with Gasteiger partial charge in [0.1, 0.15) is 10.2 Å². The van der Waals surface area contributed by atoms with Crippen molar-refractivity contribution >= 4 is 23.6 Å². The van der Waals surface area contributed by atoms with Crippen molar-refractivity contribution in [2.45, 2.75) is 26.2 Å². The maximum atomic E-state index is 11.1. The minimum atomic E-state index is -0.169.